The first-order valence-electron chi connectivity index (χ1n) is 15.7. The first-order chi connectivity index (χ1) is 20.9. The van der Waals surface area contributed by atoms with Crippen LogP contribution in [0.1, 0.15) is 116 Å². The van der Waals surface area contributed by atoms with Crippen LogP contribution in [0.25, 0.3) is 0 Å². The third kappa shape index (κ3) is 30.2. The number of rotatable bonds is 24. The van der Waals surface area contributed by atoms with Crippen LogP contribution in [0.2, 0.25) is 0 Å². The molecule has 0 amide bonds. The second kappa shape index (κ2) is 33.4. The number of aliphatic hydroxyl groups is 2. The standard InChI is InChI=1S/C19H30O3.C13H24O5.CO2/c1-2-3-4-5-6-10-16-22-19(21)18(20)15-11-14-17-12-8-7-9-13-17;1-2-3-4-5-6-7-9-18-13(16)12(15)8-10-17-11-14;2-1-3/h7-9,12-13,18,20H,2-6,10-11,14-16H2,1H3;11-12,15H,2-10H2,1H3;/t18-;12-;/m00./s1. The van der Waals surface area contributed by atoms with Crippen molar-refractivity contribution in [3.8, 4) is 0 Å². The minimum Gasteiger partial charge on any atom is -0.468 e. The summed E-state index contributed by atoms with van der Waals surface area (Å²) in [5.74, 6) is -1.11. The molecule has 0 aromatic heterocycles. The summed E-state index contributed by atoms with van der Waals surface area (Å²) in [5.41, 5.74) is 1.23. The number of carbonyl (C=O) groups is 3. The molecule has 0 fully saturated rings. The van der Waals surface area contributed by atoms with Gasteiger partial charge in [-0.1, -0.05) is 108 Å². The first-order valence-corrected chi connectivity index (χ1v) is 15.7. The number of unbranched alkanes of at least 4 members (excludes halogenated alkanes) is 10. The molecule has 1 aromatic rings. The first kappa shape index (κ1) is 42.1. The number of hydrogen-bond donors (Lipinski definition) is 2. The highest BCUT2D eigenvalue weighted by Gasteiger charge is 2.16. The summed E-state index contributed by atoms with van der Waals surface area (Å²) < 4.78 is 14.4. The van der Waals surface area contributed by atoms with Gasteiger partial charge in [-0.25, -0.2) is 9.59 Å². The quantitative estimate of drug-likeness (QED) is 0.0663. The van der Waals surface area contributed by atoms with Crippen molar-refractivity contribution in [2.75, 3.05) is 19.8 Å². The largest absolute Gasteiger partial charge is 0.468 e. The predicted octanol–water partition coefficient (Wildman–Crippen LogP) is 5.50. The van der Waals surface area contributed by atoms with Gasteiger partial charge in [-0.05, 0) is 37.7 Å². The fourth-order valence-electron chi connectivity index (χ4n) is 3.91. The Morgan fingerprint density at radius 2 is 1.14 bits per heavy atom. The molecule has 10 nitrogen and oxygen atoms in total. The van der Waals surface area contributed by atoms with E-state index in [-0.39, 0.29) is 25.7 Å². The van der Waals surface area contributed by atoms with Gasteiger partial charge in [0.1, 0.15) is 0 Å². The van der Waals surface area contributed by atoms with E-state index in [1.807, 2.05) is 18.2 Å². The Morgan fingerprint density at radius 3 is 1.60 bits per heavy atom. The molecule has 246 valence electrons. The summed E-state index contributed by atoms with van der Waals surface area (Å²) in [7, 11) is 0. The van der Waals surface area contributed by atoms with Crippen LogP contribution in [0.5, 0.6) is 0 Å². The highest BCUT2D eigenvalue weighted by atomic mass is 16.6. The Bertz CT molecular complexity index is 809. The van der Waals surface area contributed by atoms with Gasteiger partial charge < -0.3 is 24.4 Å². The summed E-state index contributed by atoms with van der Waals surface area (Å²) in [4.78, 5) is 49.0. The maximum atomic E-state index is 11.6. The van der Waals surface area contributed by atoms with Crippen molar-refractivity contribution in [3.05, 3.63) is 35.9 Å². The molecule has 0 radical (unpaired) electrons. The summed E-state index contributed by atoms with van der Waals surface area (Å²) in [6.07, 6.45) is 13.9. The van der Waals surface area contributed by atoms with E-state index >= 15 is 0 Å². The maximum Gasteiger partial charge on any atom is 0.373 e. The molecular weight excluding hydrogens is 556 g/mol. The van der Waals surface area contributed by atoms with E-state index in [4.69, 9.17) is 19.1 Å². The van der Waals surface area contributed by atoms with Gasteiger partial charge in [-0.3, -0.25) is 4.79 Å². The number of ether oxygens (including phenoxy) is 3. The Balaban J connectivity index is 0. The average Bonchev–Trinajstić information content (AvgIpc) is 3.01. The minimum atomic E-state index is -1.20. The molecule has 0 spiro atoms. The monoisotopic (exact) mass is 610 g/mol. The molecule has 0 aliphatic carbocycles. The number of carbonyl (C=O) groups excluding carboxylic acids is 5. The molecule has 0 unspecified atom stereocenters. The number of hydrogen-bond acceptors (Lipinski definition) is 10. The Labute approximate surface area is 257 Å². The normalized spacial score (nSPS) is 11.3. The molecule has 0 heterocycles. The van der Waals surface area contributed by atoms with Gasteiger partial charge in [0.2, 0.25) is 0 Å². The van der Waals surface area contributed by atoms with Crippen LogP contribution in [-0.2, 0) is 44.6 Å². The molecule has 0 saturated heterocycles. The van der Waals surface area contributed by atoms with Crippen molar-refractivity contribution in [2.24, 2.45) is 0 Å². The molecule has 0 aliphatic rings. The van der Waals surface area contributed by atoms with E-state index in [9.17, 15) is 24.6 Å². The minimum absolute atomic E-state index is 0.0246. The molecule has 1 rings (SSSR count). The lowest BCUT2D eigenvalue weighted by Gasteiger charge is -2.10. The topological polar surface area (TPSA) is 154 Å². The number of esters is 2. The van der Waals surface area contributed by atoms with Gasteiger partial charge in [0.15, 0.2) is 12.2 Å². The lowest BCUT2D eigenvalue weighted by molar-refractivity contribution is -0.191. The number of aryl methyl sites for hydroxylation is 1. The summed E-state index contributed by atoms with van der Waals surface area (Å²) >= 11 is 0. The van der Waals surface area contributed by atoms with Gasteiger partial charge in [-0.2, -0.15) is 9.59 Å². The van der Waals surface area contributed by atoms with Crippen LogP contribution in [0, 0.1) is 0 Å². The molecule has 0 saturated carbocycles. The Morgan fingerprint density at radius 1 is 0.698 bits per heavy atom. The molecule has 2 N–H and O–H groups in total. The van der Waals surface area contributed by atoms with Crippen molar-refractivity contribution in [1.29, 1.82) is 0 Å². The molecular formula is C33H54O10. The van der Waals surface area contributed by atoms with Crippen molar-refractivity contribution >= 4 is 24.6 Å². The summed E-state index contributed by atoms with van der Waals surface area (Å²) in [6, 6.07) is 10.1. The van der Waals surface area contributed by atoms with E-state index < -0.39 is 24.1 Å². The molecule has 1 aromatic carbocycles. The van der Waals surface area contributed by atoms with Crippen LogP contribution in [0.15, 0.2) is 30.3 Å². The van der Waals surface area contributed by atoms with Gasteiger partial charge in [0, 0.05) is 6.42 Å². The zero-order valence-electron chi connectivity index (χ0n) is 26.2. The van der Waals surface area contributed by atoms with E-state index in [2.05, 4.69) is 30.7 Å². The van der Waals surface area contributed by atoms with Gasteiger partial charge in [0.25, 0.3) is 6.47 Å². The number of aliphatic hydroxyl groups excluding tert-OH is 2. The van der Waals surface area contributed by atoms with Crippen LogP contribution in [-0.4, -0.2) is 66.8 Å². The van der Waals surface area contributed by atoms with E-state index in [1.54, 1.807) is 0 Å². The smallest absolute Gasteiger partial charge is 0.373 e. The Hall–Kier alpha value is -3.07. The SMILES string of the molecule is CCCCCCCCOC(=O)[C@@H](O)CCCc1ccccc1.CCCCCCCCOC(=O)[C@@H](O)CCOC=O.O=C=O. The van der Waals surface area contributed by atoms with Crippen molar-refractivity contribution in [1.82, 2.24) is 0 Å². The fraction of sp³-hybridized carbons (Fsp3) is 0.697. The van der Waals surface area contributed by atoms with Crippen molar-refractivity contribution in [3.63, 3.8) is 0 Å². The zero-order valence-corrected chi connectivity index (χ0v) is 26.2. The summed E-state index contributed by atoms with van der Waals surface area (Å²) in [5, 5.41) is 19.1. The highest BCUT2D eigenvalue weighted by Crippen LogP contribution is 2.09. The average molecular weight is 611 g/mol. The summed E-state index contributed by atoms with van der Waals surface area (Å²) in [6.45, 7) is 5.45. The molecule has 2 atom stereocenters. The van der Waals surface area contributed by atoms with E-state index in [1.165, 1.54) is 50.5 Å². The number of benzene rings is 1. The highest BCUT2D eigenvalue weighted by molar-refractivity contribution is 5.74. The van der Waals surface area contributed by atoms with Gasteiger partial charge >= 0.3 is 18.1 Å². The van der Waals surface area contributed by atoms with E-state index in [0.29, 0.717) is 19.6 Å². The Kier molecular flexibility index (Phi) is 32.7. The molecule has 10 heteroatoms. The predicted molar refractivity (Wildman–Crippen MR) is 162 cm³/mol. The van der Waals surface area contributed by atoms with Gasteiger partial charge in [-0.15, -0.1) is 0 Å². The third-order valence-electron chi connectivity index (χ3n) is 6.39. The molecule has 0 aliphatic heterocycles. The molecule has 43 heavy (non-hydrogen) atoms. The maximum absolute atomic E-state index is 11.6. The third-order valence-corrected chi connectivity index (χ3v) is 6.39. The second-order valence-corrected chi connectivity index (χ2v) is 10.1. The van der Waals surface area contributed by atoms with E-state index in [0.717, 1.165) is 44.9 Å². The van der Waals surface area contributed by atoms with Gasteiger partial charge in [0.05, 0.1) is 19.8 Å². The van der Waals surface area contributed by atoms with Crippen molar-refractivity contribution < 1.29 is 48.4 Å². The van der Waals surface area contributed by atoms with Crippen LogP contribution < -0.4 is 0 Å². The van der Waals surface area contributed by atoms with Crippen molar-refractivity contribution in [2.45, 2.75) is 129 Å². The van der Waals surface area contributed by atoms with Crippen LogP contribution in [0.3, 0.4) is 0 Å². The van der Waals surface area contributed by atoms with Crippen LogP contribution >= 0.6 is 0 Å². The zero-order chi connectivity index (χ0) is 32.4. The second-order valence-electron chi connectivity index (χ2n) is 10.1. The van der Waals surface area contributed by atoms with Crippen LogP contribution in [0.4, 0.5) is 0 Å². The lowest BCUT2D eigenvalue weighted by atomic mass is 10.1. The fourth-order valence-corrected chi connectivity index (χ4v) is 3.91. The molecule has 0 bridgehead atoms. The lowest BCUT2D eigenvalue weighted by Crippen LogP contribution is -2.25.